The van der Waals surface area contributed by atoms with Crippen LogP contribution in [0.15, 0.2) is 18.2 Å². The molecule has 20 heavy (non-hydrogen) atoms. The van der Waals surface area contributed by atoms with Crippen molar-refractivity contribution in [2.45, 2.75) is 25.3 Å². The fraction of sp³-hybridized carbons (Fsp3) is 0.500. The van der Waals surface area contributed by atoms with E-state index in [1.165, 1.54) is 0 Å². The molecule has 1 aliphatic carbocycles. The van der Waals surface area contributed by atoms with Gasteiger partial charge in [-0.05, 0) is 66.1 Å². The summed E-state index contributed by atoms with van der Waals surface area (Å²) in [5.74, 6) is 1.17. The molecule has 112 valence electrons. The van der Waals surface area contributed by atoms with Gasteiger partial charge in [-0.15, -0.1) is 12.4 Å². The maximum absolute atomic E-state index is 12.3. The van der Waals surface area contributed by atoms with Crippen molar-refractivity contribution in [2.75, 3.05) is 13.7 Å². The van der Waals surface area contributed by atoms with E-state index in [0.29, 0.717) is 18.0 Å². The minimum absolute atomic E-state index is 0. The first-order valence-corrected chi connectivity index (χ1v) is 7.58. The van der Waals surface area contributed by atoms with Crippen LogP contribution in [0.4, 0.5) is 0 Å². The summed E-state index contributed by atoms with van der Waals surface area (Å²) >= 11 is 2.16. The fourth-order valence-corrected chi connectivity index (χ4v) is 3.29. The number of rotatable bonds is 4. The van der Waals surface area contributed by atoms with Crippen LogP contribution in [0, 0.1) is 9.49 Å². The Morgan fingerprint density at radius 2 is 2.25 bits per heavy atom. The number of nitrogens with one attached hydrogen (secondary N) is 1. The van der Waals surface area contributed by atoms with Gasteiger partial charge in [-0.25, -0.2) is 0 Å². The molecule has 0 saturated heterocycles. The van der Waals surface area contributed by atoms with Crippen molar-refractivity contribution in [3.63, 3.8) is 0 Å². The standard InChI is InChI=1S/C14H19IN2O2.ClH/c1-19-10-5-6-11(12(15)7-10)14(18)17-13-4-2-3-9(13)8-16;/h5-7,9,13H,2-4,8,16H2,1H3,(H,17,18);1H. The van der Waals surface area contributed by atoms with Crippen LogP contribution < -0.4 is 15.8 Å². The van der Waals surface area contributed by atoms with Gasteiger partial charge in [-0.2, -0.15) is 0 Å². The van der Waals surface area contributed by atoms with E-state index in [1.54, 1.807) is 7.11 Å². The van der Waals surface area contributed by atoms with Crippen molar-refractivity contribution in [3.8, 4) is 5.75 Å². The van der Waals surface area contributed by atoms with Crippen molar-refractivity contribution in [2.24, 2.45) is 11.7 Å². The average molecular weight is 411 g/mol. The van der Waals surface area contributed by atoms with E-state index < -0.39 is 0 Å². The van der Waals surface area contributed by atoms with Crippen LogP contribution in [0.1, 0.15) is 29.6 Å². The quantitative estimate of drug-likeness (QED) is 0.750. The Morgan fingerprint density at radius 3 is 2.85 bits per heavy atom. The molecule has 1 amide bonds. The number of hydrogen-bond donors (Lipinski definition) is 2. The highest BCUT2D eigenvalue weighted by molar-refractivity contribution is 14.1. The lowest BCUT2D eigenvalue weighted by atomic mass is 10.0. The van der Waals surface area contributed by atoms with Crippen LogP contribution in [0.3, 0.4) is 0 Å². The van der Waals surface area contributed by atoms with E-state index in [1.807, 2.05) is 18.2 Å². The number of nitrogens with two attached hydrogens (primary N) is 1. The molecule has 1 saturated carbocycles. The van der Waals surface area contributed by atoms with Gasteiger partial charge < -0.3 is 15.8 Å². The molecule has 3 N–H and O–H groups in total. The van der Waals surface area contributed by atoms with Gasteiger partial charge in [-0.1, -0.05) is 6.42 Å². The Kier molecular flexibility index (Phi) is 7.05. The van der Waals surface area contributed by atoms with Gasteiger partial charge in [0, 0.05) is 9.61 Å². The van der Waals surface area contributed by atoms with E-state index >= 15 is 0 Å². The van der Waals surface area contributed by atoms with Crippen molar-refractivity contribution < 1.29 is 9.53 Å². The van der Waals surface area contributed by atoms with Crippen LogP contribution >= 0.6 is 35.0 Å². The first-order valence-electron chi connectivity index (χ1n) is 6.50. The minimum atomic E-state index is -0.0163. The van der Waals surface area contributed by atoms with Crippen LogP contribution in [-0.4, -0.2) is 25.6 Å². The topological polar surface area (TPSA) is 64.3 Å². The van der Waals surface area contributed by atoms with Crippen LogP contribution in [0.5, 0.6) is 5.75 Å². The Balaban J connectivity index is 0.00000200. The third-order valence-corrected chi connectivity index (χ3v) is 4.59. The molecule has 0 heterocycles. The van der Waals surface area contributed by atoms with E-state index in [2.05, 4.69) is 27.9 Å². The predicted octanol–water partition coefficient (Wildman–Crippen LogP) is 2.58. The number of carbonyl (C=O) groups is 1. The van der Waals surface area contributed by atoms with Gasteiger partial charge >= 0.3 is 0 Å². The number of amides is 1. The monoisotopic (exact) mass is 410 g/mol. The number of carbonyl (C=O) groups excluding carboxylic acids is 1. The largest absolute Gasteiger partial charge is 0.497 e. The summed E-state index contributed by atoms with van der Waals surface area (Å²) in [4.78, 5) is 12.3. The lowest BCUT2D eigenvalue weighted by Crippen LogP contribution is -2.40. The van der Waals surface area contributed by atoms with Crippen LogP contribution in [0.2, 0.25) is 0 Å². The summed E-state index contributed by atoms with van der Waals surface area (Å²) < 4.78 is 6.04. The molecule has 2 rings (SSSR count). The number of ether oxygens (including phenoxy) is 1. The van der Waals surface area contributed by atoms with E-state index in [4.69, 9.17) is 10.5 Å². The SMILES string of the molecule is COc1ccc(C(=O)NC2CCCC2CN)c(I)c1.Cl. The van der Waals surface area contributed by atoms with E-state index in [9.17, 15) is 4.79 Å². The predicted molar refractivity (Wildman–Crippen MR) is 90.6 cm³/mol. The summed E-state index contributed by atoms with van der Waals surface area (Å²) in [7, 11) is 1.62. The van der Waals surface area contributed by atoms with Crippen molar-refractivity contribution in [3.05, 3.63) is 27.3 Å². The molecular formula is C14H20ClIN2O2. The smallest absolute Gasteiger partial charge is 0.252 e. The molecule has 2 unspecified atom stereocenters. The maximum Gasteiger partial charge on any atom is 0.252 e. The Bertz CT molecular complexity index is 470. The van der Waals surface area contributed by atoms with Gasteiger partial charge in [0.15, 0.2) is 0 Å². The molecule has 1 aliphatic rings. The minimum Gasteiger partial charge on any atom is -0.497 e. The van der Waals surface area contributed by atoms with Crippen molar-refractivity contribution in [1.82, 2.24) is 5.32 Å². The first-order chi connectivity index (χ1) is 9.15. The molecule has 2 atom stereocenters. The third-order valence-electron chi connectivity index (χ3n) is 3.70. The summed E-state index contributed by atoms with van der Waals surface area (Å²) in [6, 6.07) is 5.70. The molecule has 0 aliphatic heterocycles. The first kappa shape index (κ1) is 17.5. The molecular weight excluding hydrogens is 391 g/mol. The van der Waals surface area contributed by atoms with Crippen LogP contribution in [0.25, 0.3) is 0 Å². The van der Waals surface area contributed by atoms with Gasteiger partial charge in [0.25, 0.3) is 5.91 Å². The molecule has 1 aromatic carbocycles. The summed E-state index contributed by atoms with van der Waals surface area (Å²) in [6.07, 6.45) is 3.29. The zero-order valence-electron chi connectivity index (χ0n) is 11.4. The molecule has 4 nitrogen and oxygen atoms in total. The van der Waals surface area contributed by atoms with Crippen molar-refractivity contribution in [1.29, 1.82) is 0 Å². The van der Waals surface area contributed by atoms with Gasteiger partial charge in [0.1, 0.15) is 5.75 Å². The highest BCUT2D eigenvalue weighted by atomic mass is 127. The molecule has 1 fully saturated rings. The lowest BCUT2D eigenvalue weighted by Gasteiger charge is -2.20. The number of halogens is 2. The van der Waals surface area contributed by atoms with Crippen molar-refractivity contribution >= 4 is 40.9 Å². The second-order valence-electron chi connectivity index (χ2n) is 4.85. The summed E-state index contributed by atoms with van der Waals surface area (Å²) in [5.41, 5.74) is 6.44. The lowest BCUT2D eigenvalue weighted by molar-refractivity contribution is 0.0928. The zero-order chi connectivity index (χ0) is 13.8. The summed E-state index contributed by atoms with van der Waals surface area (Å²) in [6.45, 7) is 0.644. The average Bonchev–Trinajstić information content (AvgIpc) is 2.85. The van der Waals surface area contributed by atoms with Gasteiger partial charge in [0.05, 0.1) is 12.7 Å². The third kappa shape index (κ3) is 3.99. The second kappa shape index (κ2) is 8.05. The number of benzene rings is 1. The molecule has 0 bridgehead atoms. The Hall–Kier alpha value is -0.530. The fourth-order valence-electron chi connectivity index (χ4n) is 2.56. The highest BCUT2D eigenvalue weighted by Crippen LogP contribution is 2.26. The van der Waals surface area contributed by atoms with E-state index in [0.717, 1.165) is 28.6 Å². The molecule has 1 aromatic rings. The van der Waals surface area contributed by atoms with Gasteiger partial charge in [0.2, 0.25) is 0 Å². The molecule has 0 spiro atoms. The Morgan fingerprint density at radius 1 is 1.50 bits per heavy atom. The number of hydrogen-bond acceptors (Lipinski definition) is 3. The number of methoxy groups -OCH3 is 1. The zero-order valence-corrected chi connectivity index (χ0v) is 14.4. The normalized spacial score (nSPS) is 21.1. The summed E-state index contributed by atoms with van der Waals surface area (Å²) in [5, 5.41) is 3.11. The van der Waals surface area contributed by atoms with E-state index in [-0.39, 0.29) is 24.4 Å². The van der Waals surface area contributed by atoms with Gasteiger partial charge in [-0.3, -0.25) is 4.79 Å². The maximum atomic E-state index is 12.3. The second-order valence-corrected chi connectivity index (χ2v) is 6.01. The molecule has 0 aromatic heterocycles. The molecule has 0 radical (unpaired) electrons. The highest BCUT2D eigenvalue weighted by Gasteiger charge is 2.28. The molecule has 6 heteroatoms. The van der Waals surface area contributed by atoms with Crippen LogP contribution in [-0.2, 0) is 0 Å². The Labute approximate surface area is 139 Å².